The lowest BCUT2D eigenvalue weighted by Crippen LogP contribution is -2.58. The summed E-state index contributed by atoms with van der Waals surface area (Å²) in [5.74, 6) is 0. The number of aryl methyl sites for hydroxylation is 1. The maximum atomic E-state index is 3.50. The van der Waals surface area contributed by atoms with E-state index in [1.165, 1.54) is 16.7 Å². The van der Waals surface area contributed by atoms with Crippen molar-refractivity contribution in [2.24, 2.45) is 0 Å². The quantitative estimate of drug-likeness (QED) is 0.907. The van der Waals surface area contributed by atoms with Gasteiger partial charge in [0, 0.05) is 23.0 Å². The summed E-state index contributed by atoms with van der Waals surface area (Å²) < 4.78 is 1.15. The molecule has 1 aliphatic heterocycles. The van der Waals surface area contributed by atoms with E-state index in [-0.39, 0.29) is 5.41 Å². The van der Waals surface area contributed by atoms with Crippen LogP contribution >= 0.6 is 15.9 Å². The van der Waals surface area contributed by atoms with Crippen molar-refractivity contribution in [3.8, 4) is 0 Å². The van der Waals surface area contributed by atoms with E-state index in [2.05, 4.69) is 76.7 Å². The highest BCUT2D eigenvalue weighted by Gasteiger charge is 2.38. The molecule has 0 atom stereocenters. The third-order valence-electron chi connectivity index (χ3n) is 4.05. The lowest BCUT2D eigenvalue weighted by Gasteiger charge is -2.43. The second-order valence-corrected chi connectivity index (χ2v) is 6.47. The Kier molecular flexibility index (Phi) is 3.46. The van der Waals surface area contributed by atoms with Gasteiger partial charge in [-0.05, 0) is 36.6 Å². The van der Waals surface area contributed by atoms with Crippen LogP contribution in [0.3, 0.4) is 0 Å². The Hall–Kier alpha value is -1.12. The van der Waals surface area contributed by atoms with E-state index in [0.29, 0.717) is 0 Å². The largest absolute Gasteiger partial charge is 0.315 e. The fraction of sp³-hybridized carbons (Fsp3) is 0.294. The maximum Gasteiger partial charge on any atom is 0.0242 e. The lowest BCUT2D eigenvalue weighted by molar-refractivity contribution is 0.274. The molecule has 98 valence electrons. The minimum atomic E-state index is 0.279. The van der Waals surface area contributed by atoms with Gasteiger partial charge in [-0.1, -0.05) is 57.9 Å². The first-order chi connectivity index (χ1) is 9.18. The number of benzene rings is 2. The number of halogens is 1. The fourth-order valence-electron chi connectivity index (χ4n) is 2.76. The fourth-order valence-corrected chi connectivity index (χ4v) is 3.02. The molecule has 1 nitrogen and oxygen atoms in total. The van der Waals surface area contributed by atoms with Gasteiger partial charge in [0.25, 0.3) is 0 Å². The van der Waals surface area contributed by atoms with Crippen LogP contribution in [0.4, 0.5) is 0 Å². The molecule has 2 aromatic rings. The lowest BCUT2D eigenvalue weighted by atomic mass is 9.71. The Bertz CT molecular complexity index is 553. The van der Waals surface area contributed by atoms with Gasteiger partial charge in [0.2, 0.25) is 0 Å². The molecule has 1 heterocycles. The van der Waals surface area contributed by atoms with E-state index in [1.54, 1.807) is 0 Å². The third-order valence-corrected chi connectivity index (χ3v) is 4.58. The van der Waals surface area contributed by atoms with Crippen molar-refractivity contribution in [3.05, 3.63) is 69.7 Å². The summed E-state index contributed by atoms with van der Waals surface area (Å²) in [6.45, 7) is 4.29. The summed E-state index contributed by atoms with van der Waals surface area (Å²) in [7, 11) is 0. The first-order valence-corrected chi connectivity index (χ1v) is 7.50. The second-order valence-electron chi connectivity index (χ2n) is 5.55. The molecule has 1 saturated heterocycles. The number of nitrogens with one attached hydrogen (secondary N) is 1. The standard InChI is InChI=1S/C17H18BrN/c1-13-2-6-15(7-3-13)17(11-19-12-17)10-14-4-8-16(18)9-5-14/h2-9,19H,10-12H2,1H3. The van der Waals surface area contributed by atoms with E-state index in [1.807, 2.05) is 0 Å². The zero-order valence-corrected chi connectivity index (χ0v) is 12.7. The summed E-state index contributed by atoms with van der Waals surface area (Å²) in [5.41, 5.74) is 4.47. The van der Waals surface area contributed by atoms with E-state index >= 15 is 0 Å². The molecule has 0 unspecified atom stereocenters. The zero-order chi connectivity index (χ0) is 13.3. The van der Waals surface area contributed by atoms with Crippen molar-refractivity contribution in [2.75, 3.05) is 13.1 Å². The highest BCUT2D eigenvalue weighted by molar-refractivity contribution is 9.10. The van der Waals surface area contributed by atoms with Crippen molar-refractivity contribution < 1.29 is 0 Å². The van der Waals surface area contributed by atoms with Gasteiger partial charge in [0.15, 0.2) is 0 Å². The van der Waals surface area contributed by atoms with Gasteiger partial charge >= 0.3 is 0 Å². The molecule has 0 radical (unpaired) electrons. The maximum absolute atomic E-state index is 3.50. The molecule has 0 aromatic heterocycles. The molecule has 2 heteroatoms. The van der Waals surface area contributed by atoms with Crippen LogP contribution in [-0.4, -0.2) is 13.1 Å². The predicted octanol–water partition coefficient (Wildman–Crippen LogP) is 3.84. The Morgan fingerprint density at radius 1 is 1.00 bits per heavy atom. The zero-order valence-electron chi connectivity index (χ0n) is 11.1. The summed E-state index contributed by atoms with van der Waals surface area (Å²) in [5, 5.41) is 3.44. The van der Waals surface area contributed by atoms with E-state index in [0.717, 1.165) is 24.0 Å². The number of hydrogen-bond acceptors (Lipinski definition) is 1. The van der Waals surface area contributed by atoms with Crippen molar-refractivity contribution in [2.45, 2.75) is 18.8 Å². The number of hydrogen-bond donors (Lipinski definition) is 1. The Morgan fingerprint density at radius 3 is 2.16 bits per heavy atom. The summed E-state index contributed by atoms with van der Waals surface area (Å²) >= 11 is 3.50. The minimum Gasteiger partial charge on any atom is -0.315 e. The normalized spacial score (nSPS) is 16.9. The van der Waals surface area contributed by atoms with Gasteiger partial charge in [-0.15, -0.1) is 0 Å². The van der Waals surface area contributed by atoms with Crippen LogP contribution in [-0.2, 0) is 11.8 Å². The van der Waals surface area contributed by atoms with Crippen molar-refractivity contribution in [1.82, 2.24) is 5.32 Å². The molecule has 3 rings (SSSR count). The first-order valence-electron chi connectivity index (χ1n) is 6.70. The van der Waals surface area contributed by atoms with Crippen molar-refractivity contribution in [3.63, 3.8) is 0 Å². The molecule has 2 aromatic carbocycles. The molecular formula is C17H18BrN. The van der Waals surface area contributed by atoms with Gasteiger partial charge in [0.05, 0.1) is 0 Å². The minimum absolute atomic E-state index is 0.279. The Labute approximate surface area is 123 Å². The molecule has 1 aliphatic rings. The van der Waals surface area contributed by atoms with Gasteiger partial charge in [-0.25, -0.2) is 0 Å². The predicted molar refractivity (Wildman–Crippen MR) is 83.6 cm³/mol. The highest BCUT2D eigenvalue weighted by atomic mass is 79.9. The Morgan fingerprint density at radius 2 is 1.63 bits per heavy atom. The third kappa shape index (κ3) is 2.60. The van der Waals surface area contributed by atoms with Gasteiger partial charge < -0.3 is 5.32 Å². The van der Waals surface area contributed by atoms with Crippen LogP contribution in [0, 0.1) is 6.92 Å². The highest BCUT2D eigenvalue weighted by Crippen LogP contribution is 2.33. The summed E-state index contributed by atoms with van der Waals surface area (Å²) in [6, 6.07) is 17.7. The van der Waals surface area contributed by atoms with E-state index in [9.17, 15) is 0 Å². The first kappa shape index (κ1) is 12.9. The van der Waals surface area contributed by atoms with Crippen LogP contribution in [0.15, 0.2) is 53.0 Å². The molecule has 19 heavy (non-hydrogen) atoms. The molecule has 1 N–H and O–H groups in total. The molecular weight excluding hydrogens is 298 g/mol. The van der Waals surface area contributed by atoms with Gasteiger partial charge in [-0.2, -0.15) is 0 Å². The summed E-state index contributed by atoms with van der Waals surface area (Å²) in [4.78, 5) is 0. The molecule has 0 aliphatic carbocycles. The smallest absolute Gasteiger partial charge is 0.0242 e. The molecule has 1 fully saturated rings. The SMILES string of the molecule is Cc1ccc(C2(Cc3ccc(Br)cc3)CNC2)cc1. The van der Waals surface area contributed by atoms with Crippen LogP contribution in [0.5, 0.6) is 0 Å². The van der Waals surface area contributed by atoms with Gasteiger partial charge in [0.1, 0.15) is 0 Å². The molecule has 0 saturated carbocycles. The topological polar surface area (TPSA) is 12.0 Å². The van der Waals surface area contributed by atoms with Crippen molar-refractivity contribution in [1.29, 1.82) is 0 Å². The van der Waals surface area contributed by atoms with Crippen molar-refractivity contribution >= 4 is 15.9 Å². The molecule has 0 spiro atoms. The van der Waals surface area contributed by atoms with Crippen LogP contribution in [0.2, 0.25) is 0 Å². The second kappa shape index (κ2) is 5.10. The molecule has 0 bridgehead atoms. The van der Waals surface area contributed by atoms with Crippen LogP contribution in [0.25, 0.3) is 0 Å². The van der Waals surface area contributed by atoms with Gasteiger partial charge in [-0.3, -0.25) is 0 Å². The summed E-state index contributed by atoms with van der Waals surface area (Å²) in [6.07, 6.45) is 1.11. The van der Waals surface area contributed by atoms with E-state index < -0.39 is 0 Å². The van der Waals surface area contributed by atoms with E-state index in [4.69, 9.17) is 0 Å². The monoisotopic (exact) mass is 315 g/mol. The number of rotatable bonds is 3. The Balaban J connectivity index is 1.87. The van der Waals surface area contributed by atoms with Crippen LogP contribution in [0.1, 0.15) is 16.7 Å². The average Bonchev–Trinajstić information content (AvgIpc) is 2.37. The van der Waals surface area contributed by atoms with Crippen LogP contribution < -0.4 is 5.32 Å². The average molecular weight is 316 g/mol. The molecule has 0 amide bonds.